The van der Waals surface area contributed by atoms with E-state index in [-0.39, 0.29) is 17.6 Å². The van der Waals surface area contributed by atoms with E-state index >= 15 is 0 Å². The molecule has 3 rings (SSSR count). The van der Waals surface area contributed by atoms with Gasteiger partial charge in [-0.25, -0.2) is 4.68 Å². The van der Waals surface area contributed by atoms with Crippen LogP contribution in [0.1, 0.15) is 47.2 Å². The average molecular weight is 349 g/mol. The molecule has 26 heavy (non-hydrogen) atoms. The summed E-state index contributed by atoms with van der Waals surface area (Å²) in [5.41, 5.74) is 3.57. The van der Waals surface area contributed by atoms with Crippen LogP contribution in [0.3, 0.4) is 0 Å². The zero-order chi connectivity index (χ0) is 18.8. The molecule has 3 aromatic rings. The molecule has 0 fully saturated rings. The van der Waals surface area contributed by atoms with Gasteiger partial charge in [-0.15, -0.1) is 0 Å². The number of ketones is 1. The number of hydrogen-bond acceptors (Lipinski definition) is 3. The quantitative estimate of drug-likeness (QED) is 0.546. The van der Waals surface area contributed by atoms with Gasteiger partial charge in [0.05, 0.1) is 6.20 Å². The van der Waals surface area contributed by atoms with Crippen LogP contribution in [0.4, 0.5) is 0 Å². The molecular formula is C21H23N3O2. The number of phenolic OH excluding ortho intramolecular Hbond substituents is 1. The maximum atomic E-state index is 12.3. The largest absolute Gasteiger partial charge is 0.508 e. The first kappa shape index (κ1) is 17.7. The zero-order valence-corrected chi connectivity index (χ0v) is 15.5. The summed E-state index contributed by atoms with van der Waals surface area (Å²) in [5, 5.41) is 13.9. The van der Waals surface area contributed by atoms with E-state index in [0.717, 1.165) is 22.8 Å². The Bertz CT molecular complexity index is 977. The number of benzene rings is 1. The first-order chi connectivity index (χ1) is 12.4. The number of allylic oxidation sites excluding steroid dienone is 1. The monoisotopic (exact) mass is 349 g/mol. The van der Waals surface area contributed by atoms with Crippen LogP contribution in [0.5, 0.6) is 5.75 Å². The van der Waals surface area contributed by atoms with Crippen molar-refractivity contribution in [2.75, 3.05) is 0 Å². The van der Waals surface area contributed by atoms with E-state index in [1.54, 1.807) is 30.5 Å². The summed E-state index contributed by atoms with van der Waals surface area (Å²) in [4.78, 5) is 12.3. The molecule has 134 valence electrons. The Morgan fingerprint density at radius 1 is 1.19 bits per heavy atom. The molecule has 1 aromatic carbocycles. The molecule has 5 nitrogen and oxygen atoms in total. The van der Waals surface area contributed by atoms with Gasteiger partial charge in [-0.2, -0.15) is 5.10 Å². The average Bonchev–Trinajstić information content (AvgIpc) is 3.17. The van der Waals surface area contributed by atoms with Gasteiger partial charge in [0.15, 0.2) is 5.78 Å². The molecule has 0 bridgehead atoms. The minimum atomic E-state index is -0.141. The van der Waals surface area contributed by atoms with E-state index in [1.165, 1.54) is 6.07 Å². The van der Waals surface area contributed by atoms with Gasteiger partial charge in [-0.3, -0.25) is 4.79 Å². The highest BCUT2D eigenvalue weighted by Gasteiger charge is 2.14. The van der Waals surface area contributed by atoms with Crippen LogP contribution in [0.15, 0.2) is 48.7 Å². The van der Waals surface area contributed by atoms with Crippen LogP contribution in [0.2, 0.25) is 0 Å². The normalized spacial score (nSPS) is 11.6. The molecule has 0 unspecified atom stereocenters. The first-order valence-electron chi connectivity index (χ1n) is 8.62. The summed E-state index contributed by atoms with van der Waals surface area (Å²) in [6.07, 6.45) is 5.16. The summed E-state index contributed by atoms with van der Waals surface area (Å²) >= 11 is 0. The molecule has 0 atom stereocenters. The van der Waals surface area contributed by atoms with Gasteiger partial charge in [-0.05, 0) is 63.6 Å². The van der Waals surface area contributed by atoms with Gasteiger partial charge >= 0.3 is 0 Å². The van der Waals surface area contributed by atoms with Crippen molar-refractivity contribution < 1.29 is 9.90 Å². The van der Waals surface area contributed by atoms with Crippen molar-refractivity contribution in [2.45, 2.75) is 33.7 Å². The van der Waals surface area contributed by atoms with E-state index in [0.29, 0.717) is 5.56 Å². The highest BCUT2D eigenvalue weighted by atomic mass is 16.3. The highest BCUT2D eigenvalue weighted by Crippen LogP contribution is 2.23. The van der Waals surface area contributed by atoms with Crippen molar-refractivity contribution in [3.8, 4) is 11.6 Å². The Morgan fingerprint density at radius 3 is 2.65 bits per heavy atom. The smallest absolute Gasteiger partial charge is 0.185 e. The lowest BCUT2D eigenvalue weighted by Gasteiger charge is -2.15. The lowest BCUT2D eigenvalue weighted by atomic mass is 10.1. The maximum absolute atomic E-state index is 12.3. The van der Waals surface area contributed by atoms with E-state index in [9.17, 15) is 9.90 Å². The van der Waals surface area contributed by atoms with Crippen LogP contribution < -0.4 is 0 Å². The Hall–Kier alpha value is -3.08. The molecule has 2 heterocycles. The molecular weight excluding hydrogens is 326 g/mol. The third-order valence-electron chi connectivity index (χ3n) is 4.38. The van der Waals surface area contributed by atoms with Gasteiger partial charge in [0.1, 0.15) is 11.6 Å². The minimum Gasteiger partial charge on any atom is -0.508 e. The standard InChI is InChI=1S/C21H23N3O2/c1-14(2)24-21(10-11-22-24)23-15(3)12-17(16(23)4)8-9-20(26)18-6-5-7-19(25)13-18/h5-14,25H,1-4H3/b9-8+. The summed E-state index contributed by atoms with van der Waals surface area (Å²) in [6, 6.07) is 10.7. The molecule has 0 radical (unpaired) electrons. The Labute approximate surface area is 153 Å². The van der Waals surface area contributed by atoms with Crippen LogP contribution in [-0.4, -0.2) is 25.2 Å². The fourth-order valence-corrected chi connectivity index (χ4v) is 3.11. The summed E-state index contributed by atoms with van der Waals surface area (Å²) < 4.78 is 4.12. The van der Waals surface area contributed by atoms with E-state index < -0.39 is 0 Å². The number of aromatic nitrogens is 3. The number of carbonyl (C=O) groups excluding carboxylic acids is 1. The van der Waals surface area contributed by atoms with Crippen molar-refractivity contribution in [3.05, 3.63) is 71.2 Å². The third-order valence-corrected chi connectivity index (χ3v) is 4.38. The minimum absolute atomic E-state index is 0.0874. The molecule has 0 aliphatic carbocycles. The molecule has 0 saturated heterocycles. The van der Waals surface area contributed by atoms with Crippen LogP contribution >= 0.6 is 0 Å². The van der Waals surface area contributed by atoms with Crippen LogP contribution in [0, 0.1) is 13.8 Å². The molecule has 0 amide bonds. The van der Waals surface area contributed by atoms with E-state index in [4.69, 9.17) is 0 Å². The lowest BCUT2D eigenvalue weighted by Crippen LogP contribution is -2.11. The van der Waals surface area contributed by atoms with Crippen LogP contribution in [-0.2, 0) is 0 Å². The topological polar surface area (TPSA) is 60.0 Å². The molecule has 0 aliphatic heterocycles. The highest BCUT2D eigenvalue weighted by molar-refractivity contribution is 6.07. The SMILES string of the molecule is Cc1cc(/C=C/C(=O)c2cccc(O)c2)c(C)n1-c1ccnn1C(C)C. The second-order valence-electron chi connectivity index (χ2n) is 6.64. The van der Waals surface area contributed by atoms with Crippen LogP contribution in [0.25, 0.3) is 11.9 Å². The predicted octanol–water partition coefficient (Wildman–Crippen LogP) is 4.47. The predicted molar refractivity (Wildman–Crippen MR) is 103 cm³/mol. The fourth-order valence-electron chi connectivity index (χ4n) is 3.11. The van der Waals surface area contributed by atoms with Gasteiger partial charge in [-0.1, -0.05) is 12.1 Å². The number of rotatable bonds is 5. The van der Waals surface area contributed by atoms with Gasteiger partial charge in [0.25, 0.3) is 0 Å². The van der Waals surface area contributed by atoms with Gasteiger partial charge < -0.3 is 9.67 Å². The summed E-state index contributed by atoms with van der Waals surface area (Å²) in [6.45, 7) is 8.26. The van der Waals surface area contributed by atoms with Crippen molar-refractivity contribution in [1.29, 1.82) is 0 Å². The third kappa shape index (κ3) is 3.33. The van der Waals surface area contributed by atoms with Crippen molar-refractivity contribution >= 4 is 11.9 Å². The maximum Gasteiger partial charge on any atom is 0.185 e. The number of phenols is 1. The fraction of sp³-hybridized carbons (Fsp3) is 0.238. The number of carbonyl (C=O) groups is 1. The molecule has 1 N–H and O–H groups in total. The van der Waals surface area contributed by atoms with Crippen molar-refractivity contribution in [1.82, 2.24) is 14.3 Å². The molecule has 5 heteroatoms. The molecule has 0 saturated carbocycles. The second kappa shape index (κ2) is 7.04. The zero-order valence-electron chi connectivity index (χ0n) is 15.5. The number of nitrogens with zero attached hydrogens (tertiary/aromatic N) is 3. The van der Waals surface area contributed by atoms with E-state index in [1.807, 2.05) is 30.7 Å². The van der Waals surface area contributed by atoms with Crippen molar-refractivity contribution in [2.24, 2.45) is 0 Å². The number of aryl methyl sites for hydroxylation is 1. The van der Waals surface area contributed by atoms with Crippen molar-refractivity contribution in [3.63, 3.8) is 0 Å². The Morgan fingerprint density at radius 2 is 1.96 bits per heavy atom. The Balaban J connectivity index is 1.93. The lowest BCUT2D eigenvalue weighted by molar-refractivity contribution is 0.104. The molecule has 2 aromatic heterocycles. The Kier molecular flexibility index (Phi) is 4.80. The molecule has 0 spiro atoms. The second-order valence-corrected chi connectivity index (χ2v) is 6.64. The van der Waals surface area contributed by atoms with Gasteiger partial charge in [0, 0.05) is 29.1 Å². The number of hydrogen-bond donors (Lipinski definition) is 1. The summed E-state index contributed by atoms with van der Waals surface area (Å²) in [5.74, 6) is 0.955. The number of aromatic hydroxyl groups is 1. The van der Waals surface area contributed by atoms with Gasteiger partial charge in [0.2, 0.25) is 0 Å². The first-order valence-corrected chi connectivity index (χ1v) is 8.62. The molecule has 0 aliphatic rings. The summed E-state index contributed by atoms with van der Waals surface area (Å²) in [7, 11) is 0. The van der Waals surface area contributed by atoms with E-state index in [2.05, 4.69) is 29.6 Å².